The summed E-state index contributed by atoms with van der Waals surface area (Å²) in [4.78, 5) is 6.77. The van der Waals surface area contributed by atoms with E-state index < -0.39 is 12.8 Å². The fraction of sp³-hybridized carbons (Fsp3) is 0.308. The number of aromatic nitrogens is 2. The van der Waals surface area contributed by atoms with Crippen molar-refractivity contribution in [2.45, 2.75) is 26.6 Å². The molecule has 0 radical (unpaired) electrons. The molecule has 1 heterocycles. The third-order valence-electron chi connectivity index (χ3n) is 2.68. The molecule has 15 heavy (non-hydrogen) atoms. The van der Waals surface area contributed by atoms with Crippen molar-refractivity contribution in [1.82, 2.24) is 9.97 Å². The van der Waals surface area contributed by atoms with Crippen LogP contribution in [-0.4, -0.2) is 9.97 Å². The molecule has 2 heteroatoms. The number of aromatic amines is 1. The monoisotopic (exact) mass is 203 g/mol. The second-order valence-electron chi connectivity index (χ2n) is 3.63. The molecular weight excluding hydrogens is 184 g/mol. The Morgan fingerprint density at radius 3 is 3.00 bits per heavy atom. The fourth-order valence-electron chi connectivity index (χ4n) is 1.59. The molecule has 1 atom stereocenters. The summed E-state index contributed by atoms with van der Waals surface area (Å²) < 4.78 is 24.1. The van der Waals surface area contributed by atoms with Gasteiger partial charge < -0.3 is 4.98 Å². The van der Waals surface area contributed by atoms with Gasteiger partial charge in [-0.05, 0) is 30.5 Å². The third kappa shape index (κ3) is 1.80. The number of benzene rings is 1. The van der Waals surface area contributed by atoms with E-state index in [0.717, 1.165) is 11.1 Å². The molecular formula is C13H16N2. The smallest absolute Gasteiger partial charge is 0.0921 e. The summed E-state index contributed by atoms with van der Waals surface area (Å²) in [6, 6.07) is 5.64. The topological polar surface area (TPSA) is 28.7 Å². The molecule has 0 saturated heterocycles. The van der Waals surface area contributed by atoms with Crippen LogP contribution in [0.1, 0.15) is 39.3 Å². The Morgan fingerprint density at radius 1 is 1.47 bits per heavy atom. The first-order valence-corrected chi connectivity index (χ1v) is 4.88. The van der Waals surface area contributed by atoms with Gasteiger partial charge in [0.05, 0.1) is 6.33 Å². The lowest BCUT2D eigenvalue weighted by molar-refractivity contribution is 0.871. The summed E-state index contributed by atoms with van der Waals surface area (Å²) in [5, 5.41) is 0. The van der Waals surface area contributed by atoms with Crippen molar-refractivity contribution >= 4 is 0 Å². The molecule has 0 aliphatic rings. The average Bonchev–Trinajstić information content (AvgIpc) is 2.85. The van der Waals surface area contributed by atoms with Crippen molar-refractivity contribution in [3.05, 3.63) is 53.1 Å². The molecule has 2 rings (SSSR count). The molecule has 0 aliphatic carbocycles. The number of hydrogen-bond acceptors (Lipinski definition) is 1. The van der Waals surface area contributed by atoms with E-state index in [4.69, 9.17) is 4.11 Å². The highest BCUT2D eigenvalue weighted by Gasteiger charge is 2.12. The number of imidazole rings is 1. The number of aryl methyl sites for hydroxylation is 1. The fourth-order valence-corrected chi connectivity index (χ4v) is 1.59. The molecule has 2 aromatic rings. The van der Waals surface area contributed by atoms with Crippen LogP contribution in [0, 0.1) is 13.8 Å². The van der Waals surface area contributed by atoms with Crippen LogP contribution in [0.25, 0.3) is 0 Å². The van der Waals surface area contributed by atoms with Crippen molar-refractivity contribution in [3.63, 3.8) is 0 Å². The highest BCUT2D eigenvalue weighted by molar-refractivity contribution is 5.38. The molecule has 0 fully saturated rings. The highest BCUT2D eigenvalue weighted by Crippen LogP contribution is 2.26. The lowest BCUT2D eigenvalue weighted by atomic mass is 9.92. The molecule has 0 spiro atoms. The van der Waals surface area contributed by atoms with Gasteiger partial charge >= 0.3 is 0 Å². The second kappa shape index (κ2) is 3.89. The van der Waals surface area contributed by atoms with Gasteiger partial charge in [0.25, 0.3) is 0 Å². The van der Waals surface area contributed by atoms with Gasteiger partial charge in [-0.2, -0.15) is 0 Å². The summed E-state index contributed by atoms with van der Waals surface area (Å²) in [5.41, 5.74) is 3.17. The van der Waals surface area contributed by atoms with Crippen LogP contribution in [0.2, 0.25) is 0 Å². The first kappa shape index (κ1) is 6.83. The number of hydrogen-bond donors (Lipinski definition) is 1. The van der Waals surface area contributed by atoms with E-state index in [1.807, 2.05) is 32.0 Å². The van der Waals surface area contributed by atoms with Crippen LogP contribution in [-0.2, 0) is 0 Å². The molecule has 2 nitrogen and oxygen atoms in total. The standard InChI is InChI=1S/C13H16N2/c1-9-5-4-6-12(10(9)2)11(3)13-7-14-8-15-13/h4-8,11H,1-3H3,(H,14,15)/i3D2,11D. The third-order valence-corrected chi connectivity index (χ3v) is 2.68. The minimum absolute atomic E-state index is 0.478. The van der Waals surface area contributed by atoms with Crippen molar-refractivity contribution in [3.8, 4) is 0 Å². The predicted molar refractivity (Wildman–Crippen MR) is 62.0 cm³/mol. The first-order valence-electron chi connectivity index (χ1n) is 6.53. The molecule has 0 saturated carbocycles. The first-order chi connectivity index (χ1) is 8.48. The van der Waals surface area contributed by atoms with E-state index in [9.17, 15) is 0 Å². The molecule has 1 aromatic heterocycles. The quantitative estimate of drug-likeness (QED) is 0.798. The lowest BCUT2D eigenvalue weighted by Gasteiger charge is -2.14. The van der Waals surface area contributed by atoms with Crippen molar-refractivity contribution in [1.29, 1.82) is 0 Å². The number of nitrogens with one attached hydrogen (secondary N) is 1. The Morgan fingerprint density at radius 2 is 2.33 bits per heavy atom. The van der Waals surface area contributed by atoms with Gasteiger partial charge in [-0.1, -0.05) is 25.1 Å². The van der Waals surface area contributed by atoms with Gasteiger partial charge in [0.1, 0.15) is 0 Å². The van der Waals surface area contributed by atoms with Crippen LogP contribution >= 0.6 is 0 Å². The highest BCUT2D eigenvalue weighted by atomic mass is 14.9. The molecule has 0 aliphatic heterocycles. The summed E-state index contributed by atoms with van der Waals surface area (Å²) in [5.74, 6) is -1.44. The number of H-pyrrole nitrogens is 1. The van der Waals surface area contributed by atoms with E-state index in [0.29, 0.717) is 11.3 Å². The average molecular weight is 203 g/mol. The molecule has 1 unspecified atom stereocenters. The van der Waals surface area contributed by atoms with Crippen LogP contribution in [0.3, 0.4) is 0 Å². The number of rotatable bonds is 2. The Labute approximate surface area is 94.6 Å². The van der Waals surface area contributed by atoms with Gasteiger partial charge in [-0.25, -0.2) is 4.98 Å². The van der Waals surface area contributed by atoms with Crippen LogP contribution < -0.4 is 0 Å². The summed E-state index contributed by atoms with van der Waals surface area (Å²) in [7, 11) is 0. The van der Waals surface area contributed by atoms with Gasteiger partial charge in [0, 0.05) is 21.9 Å². The normalized spacial score (nSPS) is 17.9. The van der Waals surface area contributed by atoms with Crippen molar-refractivity contribution < 1.29 is 4.11 Å². The van der Waals surface area contributed by atoms with Crippen molar-refractivity contribution in [2.75, 3.05) is 0 Å². The maximum Gasteiger partial charge on any atom is 0.0921 e. The molecule has 1 N–H and O–H groups in total. The Kier molecular flexibility index (Phi) is 1.77. The Balaban J connectivity index is 2.66. The zero-order valence-electron chi connectivity index (χ0n) is 11.9. The van der Waals surface area contributed by atoms with Gasteiger partial charge in [-0.15, -0.1) is 0 Å². The Hall–Kier alpha value is -1.57. The maximum atomic E-state index is 8.57. The minimum atomic E-state index is -1.44. The van der Waals surface area contributed by atoms with Gasteiger partial charge in [0.2, 0.25) is 0 Å². The van der Waals surface area contributed by atoms with Gasteiger partial charge in [0.15, 0.2) is 0 Å². The zero-order valence-corrected chi connectivity index (χ0v) is 8.91. The van der Waals surface area contributed by atoms with E-state index in [2.05, 4.69) is 9.97 Å². The minimum Gasteiger partial charge on any atom is -0.348 e. The van der Waals surface area contributed by atoms with Crippen LogP contribution in [0.5, 0.6) is 0 Å². The second-order valence-corrected chi connectivity index (χ2v) is 3.63. The van der Waals surface area contributed by atoms with Gasteiger partial charge in [-0.3, -0.25) is 0 Å². The van der Waals surface area contributed by atoms with E-state index in [1.54, 1.807) is 0 Å². The predicted octanol–water partition coefficient (Wildman–Crippen LogP) is 3.18. The summed E-state index contributed by atoms with van der Waals surface area (Å²) >= 11 is 0. The lowest BCUT2D eigenvalue weighted by Crippen LogP contribution is -2.00. The summed E-state index contributed by atoms with van der Waals surface area (Å²) in [6.45, 7) is 2.56. The molecule has 0 amide bonds. The molecule has 78 valence electrons. The SMILES string of the molecule is [2H]C([2H])C([2H])(c1cnc[nH]1)c1cccc(C)c1C. The van der Waals surface area contributed by atoms with E-state index in [-0.39, 0.29) is 0 Å². The largest absolute Gasteiger partial charge is 0.348 e. The summed E-state index contributed by atoms with van der Waals surface area (Å²) in [6.07, 6.45) is 3.00. The van der Waals surface area contributed by atoms with Crippen LogP contribution in [0.4, 0.5) is 0 Å². The zero-order chi connectivity index (χ0) is 13.3. The maximum absolute atomic E-state index is 8.57. The van der Waals surface area contributed by atoms with Crippen LogP contribution in [0.15, 0.2) is 30.7 Å². The Bertz CT molecular complexity index is 537. The molecule has 0 bridgehead atoms. The van der Waals surface area contributed by atoms with E-state index in [1.165, 1.54) is 12.5 Å². The van der Waals surface area contributed by atoms with E-state index >= 15 is 0 Å². The van der Waals surface area contributed by atoms with Crippen molar-refractivity contribution in [2.24, 2.45) is 0 Å². The number of nitrogens with zero attached hydrogens (tertiary/aromatic N) is 1. The molecule has 1 aromatic carbocycles.